The molecule has 0 aliphatic carbocycles. The fourth-order valence-corrected chi connectivity index (χ4v) is 1.98. The SMILES string of the molecule is CCCNc1ncc(Cl)c(NCc2cccc(C)c2)n1. The molecule has 2 N–H and O–H groups in total. The molecule has 0 amide bonds. The minimum absolute atomic E-state index is 0.528. The predicted molar refractivity (Wildman–Crippen MR) is 84.3 cm³/mol. The van der Waals surface area contributed by atoms with Gasteiger partial charge in [-0.2, -0.15) is 4.98 Å². The quantitative estimate of drug-likeness (QED) is 0.848. The van der Waals surface area contributed by atoms with Crippen LogP contribution in [0.25, 0.3) is 0 Å². The minimum Gasteiger partial charge on any atom is -0.365 e. The largest absolute Gasteiger partial charge is 0.365 e. The minimum atomic E-state index is 0.528. The number of halogens is 1. The van der Waals surface area contributed by atoms with E-state index in [1.165, 1.54) is 11.1 Å². The first-order valence-electron chi connectivity index (χ1n) is 6.75. The van der Waals surface area contributed by atoms with E-state index in [2.05, 4.69) is 52.6 Å². The van der Waals surface area contributed by atoms with Gasteiger partial charge in [0.05, 0.1) is 6.20 Å². The first-order chi connectivity index (χ1) is 9.69. The van der Waals surface area contributed by atoms with E-state index < -0.39 is 0 Å². The van der Waals surface area contributed by atoms with Crippen molar-refractivity contribution in [1.29, 1.82) is 0 Å². The van der Waals surface area contributed by atoms with Crippen molar-refractivity contribution in [2.75, 3.05) is 17.2 Å². The maximum absolute atomic E-state index is 6.11. The van der Waals surface area contributed by atoms with Crippen LogP contribution < -0.4 is 10.6 Å². The predicted octanol–water partition coefficient (Wildman–Crippen LogP) is 3.87. The van der Waals surface area contributed by atoms with Crippen molar-refractivity contribution in [3.63, 3.8) is 0 Å². The monoisotopic (exact) mass is 290 g/mol. The molecule has 0 aliphatic rings. The van der Waals surface area contributed by atoms with Crippen LogP contribution in [-0.2, 0) is 6.54 Å². The lowest BCUT2D eigenvalue weighted by molar-refractivity contribution is 0.950. The summed E-state index contributed by atoms with van der Waals surface area (Å²) >= 11 is 6.11. The normalized spacial score (nSPS) is 10.3. The number of aromatic nitrogens is 2. The van der Waals surface area contributed by atoms with Crippen LogP contribution in [0.4, 0.5) is 11.8 Å². The lowest BCUT2D eigenvalue weighted by atomic mass is 10.1. The van der Waals surface area contributed by atoms with E-state index in [9.17, 15) is 0 Å². The standard InChI is InChI=1S/C15H19ClN4/c1-3-7-17-15-19-10-13(16)14(20-15)18-9-12-6-4-5-11(2)8-12/h4-6,8,10H,3,7,9H2,1-2H3,(H2,17,18,19,20). The Kier molecular flexibility index (Phi) is 5.18. The summed E-state index contributed by atoms with van der Waals surface area (Å²) in [6.07, 6.45) is 2.64. The molecule has 2 aromatic rings. The summed E-state index contributed by atoms with van der Waals surface area (Å²) < 4.78 is 0. The van der Waals surface area contributed by atoms with Crippen LogP contribution in [0.5, 0.6) is 0 Å². The molecule has 0 bridgehead atoms. The van der Waals surface area contributed by atoms with Gasteiger partial charge in [-0.25, -0.2) is 4.98 Å². The van der Waals surface area contributed by atoms with Crippen molar-refractivity contribution in [2.45, 2.75) is 26.8 Å². The summed E-state index contributed by atoms with van der Waals surface area (Å²) in [6, 6.07) is 8.33. The van der Waals surface area contributed by atoms with Crippen LogP contribution in [0.2, 0.25) is 5.02 Å². The summed E-state index contributed by atoms with van der Waals surface area (Å²) in [7, 11) is 0. The van der Waals surface area contributed by atoms with Crippen molar-refractivity contribution in [3.8, 4) is 0 Å². The van der Waals surface area contributed by atoms with Crippen molar-refractivity contribution in [2.24, 2.45) is 0 Å². The van der Waals surface area contributed by atoms with Gasteiger partial charge in [-0.05, 0) is 18.9 Å². The van der Waals surface area contributed by atoms with Crippen LogP contribution in [0, 0.1) is 6.92 Å². The van der Waals surface area contributed by atoms with E-state index in [1.807, 2.05) is 6.07 Å². The third kappa shape index (κ3) is 4.10. The van der Waals surface area contributed by atoms with Crippen LogP contribution in [0.15, 0.2) is 30.5 Å². The third-order valence-electron chi connectivity index (χ3n) is 2.82. The smallest absolute Gasteiger partial charge is 0.224 e. The molecule has 0 unspecified atom stereocenters. The van der Waals surface area contributed by atoms with Crippen LogP contribution in [0.3, 0.4) is 0 Å². The zero-order chi connectivity index (χ0) is 14.4. The first-order valence-corrected chi connectivity index (χ1v) is 7.12. The number of hydrogen-bond acceptors (Lipinski definition) is 4. The van der Waals surface area contributed by atoms with E-state index >= 15 is 0 Å². The van der Waals surface area contributed by atoms with Gasteiger partial charge in [0.2, 0.25) is 5.95 Å². The maximum atomic E-state index is 6.11. The molecule has 0 aliphatic heterocycles. The molecule has 1 aromatic heterocycles. The van der Waals surface area contributed by atoms with Crippen molar-refractivity contribution in [1.82, 2.24) is 9.97 Å². The van der Waals surface area contributed by atoms with E-state index in [4.69, 9.17) is 11.6 Å². The highest BCUT2D eigenvalue weighted by atomic mass is 35.5. The Balaban J connectivity index is 2.04. The van der Waals surface area contributed by atoms with Crippen molar-refractivity contribution in [3.05, 3.63) is 46.6 Å². The number of aryl methyl sites for hydroxylation is 1. The number of nitrogens with one attached hydrogen (secondary N) is 2. The molecular formula is C15H19ClN4. The Hall–Kier alpha value is -1.81. The highest BCUT2D eigenvalue weighted by molar-refractivity contribution is 6.32. The second-order valence-electron chi connectivity index (χ2n) is 4.66. The Labute approximate surface area is 124 Å². The molecule has 106 valence electrons. The van der Waals surface area contributed by atoms with Gasteiger partial charge in [0.1, 0.15) is 5.02 Å². The number of benzene rings is 1. The van der Waals surface area contributed by atoms with E-state index in [-0.39, 0.29) is 0 Å². The Morgan fingerprint density at radius 3 is 2.85 bits per heavy atom. The lowest BCUT2D eigenvalue weighted by Crippen LogP contribution is -2.08. The molecule has 0 radical (unpaired) electrons. The molecule has 1 aromatic carbocycles. The zero-order valence-electron chi connectivity index (χ0n) is 11.8. The molecule has 5 heteroatoms. The van der Waals surface area contributed by atoms with Gasteiger partial charge < -0.3 is 10.6 Å². The number of anilines is 2. The highest BCUT2D eigenvalue weighted by Gasteiger charge is 2.05. The summed E-state index contributed by atoms with van der Waals surface area (Å²) in [5.41, 5.74) is 2.44. The van der Waals surface area contributed by atoms with Crippen LogP contribution in [0.1, 0.15) is 24.5 Å². The summed E-state index contributed by atoms with van der Waals surface area (Å²) in [5, 5.41) is 6.93. The van der Waals surface area contributed by atoms with Gasteiger partial charge in [0, 0.05) is 13.1 Å². The second kappa shape index (κ2) is 7.10. The molecule has 0 spiro atoms. The Bertz CT molecular complexity index is 572. The van der Waals surface area contributed by atoms with Gasteiger partial charge in [-0.1, -0.05) is 48.4 Å². The summed E-state index contributed by atoms with van der Waals surface area (Å²) in [4.78, 5) is 8.53. The lowest BCUT2D eigenvalue weighted by Gasteiger charge is -2.10. The molecule has 0 atom stereocenters. The first kappa shape index (κ1) is 14.6. The molecule has 4 nitrogen and oxygen atoms in total. The van der Waals surface area contributed by atoms with Gasteiger partial charge >= 0.3 is 0 Å². The summed E-state index contributed by atoms with van der Waals surface area (Å²) in [5.74, 6) is 1.25. The molecule has 0 fully saturated rings. The fraction of sp³-hybridized carbons (Fsp3) is 0.333. The average molecular weight is 291 g/mol. The fourth-order valence-electron chi connectivity index (χ4n) is 1.82. The molecule has 0 saturated carbocycles. The third-order valence-corrected chi connectivity index (χ3v) is 3.10. The molecule has 0 saturated heterocycles. The number of rotatable bonds is 6. The molecular weight excluding hydrogens is 272 g/mol. The van der Waals surface area contributed by atoms with Crippen molar-refractivity contribution >= 4 is 23.4 Å². The zero-order valence-corrected chi connectivity index (χ0v) is 12.5. The van der Waals surface area contributed by atoms with Gasteiger partial charge in [0.25, 0.3) is 0 Å². The van der Waals surface area contributed by atoms with Crippen molar-refractivity contribution < 1.29 is 0 Å². The second-order valence-corrected chi connectivity index (χ2v) is 5.07. The Morgan fingerprint density at radius 2 is 2.10 bits per heavy atom. The van der Waals surface area contributed by atoms with Crippen LogP contribution >= 0.6 is 11.6 Å². The number of hydrogen-bond donors (Lipinski definition) is 2. The number of nitrogens with zero attached hydrogens (tertiary/aromatic N) is 2. The highest BCUT2D eigenvalue weighted by Crippen LogP contribution is 2.20. The maximum Gasteiger partial charge on any atom is 0.224 e. The average Bonchev–Trinajstić information content (AvgIpc) is 2.45. The Morgan fingerprint density at radius 1 is 1.25 bits per heavy atom. The van der Waals surface area contributed by atoms with Gasteiger partial charge in [-0.15, -0.1) is 0 Å². The van der Waals surface area contributed by atoms with Crippen LogP contribution in [-0.4, -0.2) is 16.5 Å². The van der Waals surface area contributed by atoms with E-state index in [0.29, 0.717) is 23.3 Å². The van der Waals surface area contributed by atoms with Gasteiger partial charge in [-0.3, -0.25) is 0 Å². The molecule has 20 heavy (non-hydrogen) atoms. The topological polar surface area (TPSA) is 49.8 Å². The molecule has 2 rings (SSSR count). The van der Waals surface area contributed by atoms with Gasteiger partial charge in [0.15, 0.2) is 5.82 Å². The van der Waals surface area contributed by atoms with E-state index in [1.54, 1.807) is 6.20 Å². The van der Waals surface area contributed by atoms with E-state index in [0.717, 1.165) is 13.0 Å². The molecule has 1 heterocycles. The summed E-state index contributed by atoms with van der Waals surface area (Å²) in [6.45, 7) is 5.71.